The second-order valence-electron chi connectivity index (χ2n) is 5.24. The predicted molar refractivity (Wildman–Crippen MR) is 88.0 cm³/mol. The molecule has 1 amide bonds. The summed E-state index contributed by atoms with van der Waals surface area (Å²) in [5.74, 6) is -0.0980. The average molecular weight is 303 g/mol. The molecule has 2 rings (SSSR count). The number of hydrogen-bond acceptors (Lipinski definition) is 2. The number of nitrogens with one attached hydrogen (secondary N) is 1. The topological polar surface area (TPSA) is 32.3 Å². The van der Waals surface area contributed by atoms with Crippen LogP contribution in [0.2, 0.25) is 5.02 Å². The van der Waals surface area contributed by atoms with Crippen LogP contribution in [-0.4, -0.2) is 24.9 Å². The van der Waals surface area contributed by atoms with Crippen LogP contribution >= 0.6 is 11.6 Å². The largest absolute Gasteiger partial charge is 0.381 e. The molecule has 3 nitrogen and oxygen atoms in total. The molecule has 2 aromatic rings. The first-order chi connectivity index (χ1) is 9.97. The molecule has 0 radical (unpaired) electrons. The van der Waals surface area contributed by atoms with E-state index in [0.29, 0.717) is 17.1 Å². The Kier molecular flexibility index (Phi) is 4.86. The zero-order valence-corrected chi connectivity index (χ0v) is 13.2. The van der Waals surface area contributed by atoms with Crippen LogP contribution < -0.4 is 5.32 Å². The lowest BCUT2D eigenvalue weighted by Gasteiger charge is -2.14. The van der Waals surface area contributed by atoms with Gasteiger partial charge in [0.15, 0.2) is 0 Å². The van der Waals surface area contributed by atoms with Gasteiger partial charge in [0, 0.05) is 26.3 Å². The molecule has 0 atom stereocenters. The average Bonchev–Trinajstić information content (AvgIpc) is 2.45. The van der Waals surface area contributed by atoms with Gasteiger partial charge in [-0.1, -0.05) is 41.4 Å². The number of carbonyl (C=O) groups excluding carboxylic acids is 1. The molecule has 0 heterocycles. The molecule has 0 aromatic heterocycles. The number of nitrogens with zero attached hydrogens (tertiary/aromatic N) is 1. The van der Waals surface area contributed by atoms with Crippen LogP contribution in [0.5, 0.6) is 0 Å². The lowest BCUT2D eigenvalue weighted by molar-refractivity contribution is 0.0828. The zero-order valence-electron chi connectivity index (χ0n) is 12.5. The Balaban J connectivity index is 2.14. The van der Waals surface area contributed by atoms with Gasteiger partial charge in [-0.3, -0.25) is 4.79 Å². The van der Waals surface area contributed by atoms with Crippen molar-refractivity contribution in [1.82, 2.24) is 4.90 Å². The Hall–Kier alpha value is -2.00. The summed E-state index contributed by atoms with van der Waals surface area (Å²) in [5.41, 5.74) is 3.82. The van der Waals surface area contributed by atoms with Gasteiger partial charge < -0.3 is 10.2 Å². The Morgan fingerprint density at radius 1 is 1.19 bits per heavy atom. The summed E-state index contributed by atoms with van der Waals surface area (Å²) < 4.78 is 0. The van der Waals surface area contributed by atoms with E-state index in [9.17, 15) is 4.79 Å². The molecule has 0 fully saturated rings. The predicted octanol–water partition coefficient (Wildman–Crippen LogP) is 3.96. The van der Waals surface area contributed by atoms with Crippen LogP contribution in [0.25, 0.3) is 0 Å². The molecule has 0 aliphatic carbocycles. The third-order valence-electron chi connectivity index (χ3n) is 3.18. The second kappa shape index (κ2) is 6.64. The second-order valence-corrected chi connectivity index (χ2v) is 5.64. The fourth-order valence-electron chi connectivity index (χ4n) is 2.07. The molecule has 0 aliphatic rings. The maximum Gasteiger partial charge on any atom is 0.254 e. The minimum atomic E-state index is -0.0980. The maximum atomic E-state index is 12.1. The Morgan fingerprint density at radius 3 is 2.62 bits per heavy atom. The van der Waals surface area contributed by atoms with Crippen LogP contribution in [0.1, 0.15) is 21.5 Å². The molecule has 0 aliphatic heterocycles. The summed E-state index contributed by atoms with van der Waals surface area (Å²) in [6.07, 6.45) is 0. The molecule has 1 N–H and O–H groups in total. The van der Waals surface area contributed by atoms with Crippen molar-refractivity contribution in [3.8, 4) is 0 Å². The summed E-state index contributed by atoms with van der Waals surface area (Å²) >= 11 is 6.10. The molecule has 0 spiro atoms. The van der Waals surface area contributed by atoms with Crippen molar-refractivity contribution in [2.24, 2.45) is 0 Å². The number of amides is 1. The number of carbonyl (C=O) groups is 1. The van der Waals surface area contributed by atoms with Crippen LogP contribution in [0, 0.1) is 6.92 Å². The summed E-state index contributed by atoms with van der Waals surface area (Å²) in [5, 5.41) is 3.79. The molecule has 0 bridgehead atoms. The van der Waals surface area contributed by atoms with Crippen LogP contribution in [0.15, 0.2) is 42.5 Å². The molecule has 0 saturated heterocycles. The number of rotatable bonds is 4. The Morgan fingerprint density at radius 2 is 1.95 bits per heavy atom. The van der Waals surface area contributed by atoms with E-state index in [1.807, 2.05) is 12.1 Å². The smallest absolute Gasteiger partial charge is 0.254 e. The maximum absolute atomic E-state index is 12.1. The third-order valence-corrected chi connectivity index (χ3v) is 3.51. The summed E-state index contributed by atoms with van der Waals surface area (Å²) in [7, 11) is 3.43. The minimum Gasteiger partial charge on any atom is -0.381 e. The molecular formula is C17H19ClN2O. The minimum absolute atomic E-state index is 0.0980. The van der Waals surface area contributed by atoms with Crippen molar-refractivity contribution < 1.29 is 4.79 Å². The van der Waals surface area contributed by atoms with Gasteiger partial charge in [-0.25, -0.2) is 0 Å². The summed E-state index contributed by atoms with van der Waals surface area (Å²) in [6.45, 7) is 2.78. The molecule has 21 heavy (non-hydrogen) atoms. The van der Waals surface area contributed by atoms with E-state index in [1.165, 1.54) is 16.0 Å². The van der Waals surface area contributed by atoms with E-state index in [1.54, 1.807) is 26.2 Å². The molecule has 0 saturated carbocycles. The highest BCUT2D eigenvalue weighted by Gasteiger charge is 2.12. The van der Waals surface area contributed by atoms with Crippen LogP contribution in [0.3, 0.4) is 0 Å². The fourth-order valence-corrected chi connectivity index (χ4v) is 2.26. The van der Waals surface area contributed by atoms with E-state index >= 15 is 0 Å². The van der Waals surface area contributed by atoms with Gasteiger partial charge in [-0.2, -0.15) is 0 Å². The first-order valence-corrected chi connectivity index (χ1v) is 7.16. The molecular weight excluding hydrogens is 284 g/mol. The number of anilines is 1. The summed E-state index contributed by atoms with van der Waals surface area (Å²) in [4.78, 5) is 13.6. The van der Waals surface area contributed by atoms with E-state index in [-0.39, 0.29) is 5.91 Å². The summed E-state index contributed by atoms with van der Waals surface area (Å²) in [6, 6.07) is 13.7. The van der Waals surface area contributed by atoms with Gasteiger partial charge in [0.2, 0.25) is 0 Å². The first kappa shape index (κ1) is 15.4. The van der Waals surface area contributed by atoms with Gasteiger partial charge >= 0.3 is 0 Å². The van der Waals surface area contributed by atoms with Crippen molar-refractivity contribution in [3.05, 3.63) is 64.2 Å². The molecule has 110 valence electrons. The van der Waals surface area contributed by atoms with E-state index in [0.717, 1.165) is 5.69 Å². The Labute approximate surface area is 130 Å². The number of aryl methyl sites for hydroxylation is 1. The first-order valence-electron chi connectivity index (χ1n) is 6.78. The van der Waals surface area contributed by atoms with Crippen molar-refractivity contribution >= 4 is 23.2 Å². The highest BCUT2D eigenvalue weighted by Crippen LogP contribution is 2.22. The van der Waals surface area contributed by atoms with Gasteiger partial charge in [0.25, 0.3) is 5.91 Å². The Bertz CT molecular complexity index is 653. The molecule has 4 heteroatoms. The number of benzene rings is 2. The van der Waals surface area contributed by atoms with Gasteiger partial charge in [-0.15, -0.1) is 0 Å². The van der Waals surface area contributed by atoms with Gasteiger partial charge in [-0.05, 0) is 30.7 Å². The lowest BCUT2D eigenvalue weighted by Crippen LogP contribution is -2.22. The van der Waals surface area contributed by atoms with Gasteiger partial charge in [0.05, 0.1) is 10.6 Å². The van der Waals surface area contributed by atoms with Crippen molar-refractivity contribution in [3.63, 3.8) is 0 Å². The standard InChI is InChI=1S/C17H19ClN2O/c1-12-5-4-6-13(9-12)11-19-14-7-8-16(18)15(10-14)17(21)20(2)3/h4-10,19H,11H2,1-3H3. The monoisotopic (exact) mass is 302 g/mol. The number of halogens is 1. The molecule has 0 unspecified atom stereocenters. The highest BCUT2D eigenvalue weighted by molar-refractivity contribution is 6.34. The quantitative estimate of drug-likeness (QED) is 0.927. The van der Waals surface area contributed by atoms with E-state index < -0.39 is 0 Å². The lowest BCUT2D eigenvalue weighted by atomic mass is 10.1. The zero-order chi connectivity index (χ0) is 15.4. The normalized spacial score (nSPS) is 10.3. The fraction of sp³-hybridized carbons (Fsp3) is 0.235. The molecule has 2 aromatic carbocycles. The highest BCUT2D eigenvalue weighted by atomic mass is 35.5. The third kappa shape index (κ3) is 3.99. The van der Waals surface area contributed by atoms with E-state index in [4.69, 9.17) is 11.6 Å². The van der Waals surface area contributed by atoms with Crippen molar-refractivity contribution in [1.29, 1.82) is 0 Å². The number of hydrogen-bond donors (Lipinski definition) is 1. The SMILES string of the molecule is Cc1cccc(CNc2ccc(Cl)c(C(=O)N(C)C)c2)c1. The van der Waals surface area contributed by atoms with Crippen molar-refractivity contribution in [2.75, 3.05) is 19.4 Å². The van der Waals surface area contributed by atoms with E-state index in [2.05, 4.69) is 30.4 Å². The van der Waals surface area contributed by atoms with Crippen molar-refractivity contribution in [2.45, 2.75) is 13.5 Å². The van der Waals surface area contributed by atoms with Gasteiger partial charge in [0.1, 0.15) is 0 Å². The van der Waals surface area contributed by atoms with Crippen LogP contribution in [0.4, 0.5) is 5.69 Å². The van der Waals surface area contributed by atoms with Crippen LogP contribution in [-0.2, 0) is 6.54 Å².